The Labute approximate surface area is 172 Å². The van der Waals surface area contributed by atoms with Crippen LogP contribution in [0.3, 0.4) is 0 Å². The van der Waals surface area contributed by atoms with E-state index in [2.05, 4.69) is 15.9 Å². The van der Waals surface area contributed by atoms with E-state index in [-0.39, 0.29) is 24.1 Å². The summed E-state index contributed by atoms with van der Waals surface area (Å²) in [5.74, 6) is -0.589. The zero-order valence-electron chi connectivity index (χ0n) is 15.3. The minimum absolute atomic E-state index is 0.0399. The maximum absolute atomic E-state index is 14.3. The van der Waals surface area contributed by atoms with Crippen LogP contribution in [0.15, 0.2) is 46.9 Å². The molecule has 2 atom stereocenters. The van der Waals surface area contributed by atoms with Crippen LogP contribution in [0.2, 0.25) is 0 Å². The SMILES string of the molecule is CCc1ccc(N2C(=O)N(Cc3ccc(Br)cc3F)[C@H]3CS(=O)(=O)C[C@@H]32)cc1. The molecule has 2 saturated heterocycles. The van der Waals surface area contributed by atoms with Gasteiger partial charge in [-0.1, -0.05) is 41.1 Å². The van der Waals surface area contributed by atoms with Gasteiger partial charge in [0, 0.05) is 15.7 Å². The number of urea groups is 1. The van der Waals surface area contributed by atoms with Gasteiger partial charge < -0.3 is 4.90 Å². The molecule has 0 saturated carbocycles. The van der Waals surface area contributed by atoms with Crippen molar-refractivity contribution < 1.29 is 17.6 Å². The van der Waals surface area contributed by atoms with Crippen LogP contribution in [0.1, 0.15) is 18.1 Å². The van der Waals surface area contributed by atoms with E-state index in [1.807, 2.05) is 31.2 Å². The third kappa shape index (κ3) is 3.43. The Morgan fingerprint density at radius 3 is 2.43 bits per heavy atom. The van der Waals surface area contributed by atoms with Gasteiger partial charge in [-0.05, 0) is 36.2 Å². The molecule has 8 heteroatoms. The molecular weight excluding hydrogens is 447 g/mol. The average molecular weight is 467 g/mol. The van der Waals surface area contributed by atoms with E-state index < -0.39 is 27.7 Å². The van der Waals surface area contributed by atoms with Gasteiger partial charge in [0.05, 0.1) is 30.1 Å². The van der Waals surface area contributed by atoms with Crippen molar-refractivity contribution in [2.45, 2.75) is 32.0 Å². The van der Waals surface area contributed by atoms with Crippen LogP contribution in [0.4, 0.5) is 14.9 Å². The quantitative estimate of drug-likeness (QED) is 0.644. The summed E-state index contributed by atoms with van der Waals surface area (Å²) in [5.41, 5.74) is 2.18. The van der Waals surface area contributed by atoms with Crippen molar-refractivity contribution in [3.63, 3.8) is 0 Å². The lowest BCUT2D eigenvalue weighted by molar-refractivity contribution is 0.205. The van der Waals surface area contributed by atoms with Crippen molar-refractivity contribution in [2.24, 2.45) is 0 Å². The summed E-state index contributed by atoms with van der Waals surface area (Å²) in [6.07, 6.45) is 0.879. The number of benzene rings is 2. The first kappa shape index (κ1) is 19.4. The lowest BCUT2D eigenvalue weighted by atomic mass is 10.1. The van der Waals surface area contributed by atoms with E-state index >= 15 is 0 Å². The molecular formula is C20H20BrFN2O3S. The first-order valence-corrected chi connectivity index (χ1v) is 11.7. The molecule has 2 aromatic rings. The number of halogens is 2. The summed E-state index contributed by atoms with van der Waals surface area (Å²) >= 11 is 3.22. The molecule has 0 aliphatic carbocycles. The number of carbonyl (C=O) groups excluding carboxylic acids is 1. The molecule has 5 nitrogen and oxygen atoms in total. The van der Waals surface area contributed by atoms with Crippen molar-refractivity contribution in [3.05, 3.63) is 63.9 Å². The lowest BCUT2D eigenvalue weighted by Gasteiger charge is -2.23. The Kier molecular flexibility index (Phi) is 4.95. The molecule has 28 heavy (non-hydrogen) atoms. The fourth-order valence-corrected chi connectivity index (χ4v) is 6.27. The van der Waals surface area contributed by atoms with Crippen molar-refractivity contribution in [1.29, 1.82) is 0 Å². The number of rotatable bonds is 4. The second-order valence-corrected chi connectivity index (χ2v) is 10.3. The third-order valence-corrected chi connectivity index (χ3v) is 7.65. The summed E-state index contributed by atoms with van der Waals surface area (Å²) in [4.78, 5) is 16.2. The average Bonchev–Trinajstić information content (AvgIpc) is 3.07. The molecule has 2 aliphatic heterocycles. The van der Waals surface area contributed by atoms with Crippen molar-refractivity contribution >= 4 is 37.5 Å². The number of anilines is 1. The van der Waals surface area contributed by atoms with Crippen LogP contribution in [0.5, 0.6) is 0 Å². The molecule has 0 radical (unpaired) electrons. The summed E-state index contributed by atoms with van der Waals surface area (Å²) < 4.78 is 39.5. The summed E-state index contributed by atoms with van der Waals surface area (Å²) in [7, 11) is -3.26. The zero-order valence-corrected chi connectivity index (χ0v) is 17.7. The largest absolute Gasteiger partial charge is 0.325 e. The van der Waals surface area contributed by atoms with Gasteiger partial charge >= 0.3 is 6.03 Å². The highest BCUT2D eigenvalue weighted by molar-refractivity contribution is 9.10. The Morgan fingerprint density at radius 1 is 1.11 bits per heavy atom. The van der Waals surface area contributed by atoms with Gasteiger partial charge in [0.15, 0.2) is 9.84 Å². The standard InChI is InChI=1S/C20H20BrFN2O3S/c1-2-13-3-7-16(8-4-13)24-19-12-28(26,27)11-18(19)23(20(24)25)10-14-5-6-15(21)9-17(14)22/h3-9,18-19H,2,10-12H2,1H3/t18-,19-/m0/s1. The predicted molar refractivity (Wildman–Crippen MR) is 110 cm³/mol. The summed E-state index contributed by atoms with van der Waals surface area (Å²) in [6.45, 7) is 2.09. The highest BCUT2D eigenvalue weighted by Gasteiger charge is 2.53. The monoisotopic (exact) mass is 466 g/mol. The van der Waals surface area contributed by atoms with Gasteiger partial charge in [0.25, 0.3) is 0 Å². The van der Waals surface area contributed by atoms with Crippen molar-refractivity contribution in [1.82, 2.24) is 4.90 Å². The highest BCUT2D eigenvalue weighted by Crippen LogP contribution is 2.36. The van der Waals surface area contributed by atoms with Gasteiger partial charge in [0.2, 0.25) is 0 Å². The maximum atomic E-state index is 14.3. The first-order valence-electron chi connectivity index (χ1n) is 9.12. The molecule has 2 aliphatic rings. The van der Waals surface area contributed by atoms with Gasteiger partial charge in [-0.25, -0.2) is 17.6 Å². The zero-order chi connectivity index (χ0) is 20.1. The summed E-state index contributed by atoms with van der Waals surface area (Å²) in [6, 6.07) is 11.0. The number of hydrogen-bond donors (Lipinski definition) is 0. The van der Waals surface area contributed by atoms with Gasteiger partial charge in [-0.3, -0.25) is 4.90 Å². The van der Waals surface area contributed by atoms with E-state index in [1.54, 1.807) is 17.0 Å². The number of aryl methyl sites for hydroxylation is 1. The minimum atomic E-state index is -3.26. The van der Waals surface area contributed by atoms with E-state index in [0.717, 1.165) is 12.0 Å². The molecule has 2 fully saturated rings. The molecule has 2 aromatic carbocycles. The number of hydrogen-bond acceptors (Lipinski definition) is 3. The van der Waals surface area contributed by atoms with Gasteiger partial charge in [-0.15, -0.1) is 0 Å². The lowest BCUT2D eigenvalue weighted by Crippen LogP contribution is -2.37. The molecule has 4 rings (SSSR count). The van der Waals surface area contributed by atoms with Gasteiger partial charge in [0.1, 0.15) is 5.82 Å². The highest BCUT2D eigenvalue weighted by atomic mass is 79.9. The Bertz CT molecular complexity index is 1030. The molecule has 2 heterocycles. The molecule has 0 bridgehead atoms. The Hall–Kier alpha value is -1.93. The van der Waals surface area contributed by atoms with Crippen LogP contribution in [0.25, 0.3) is 0 Å². The van der Waals surface area contributed by atoms with Crippen LogP contribution < -0.4 is 4.90 Å². The molecule has 148 valence electrons. The fourth-order valence-electron chi connectivity index (χ4n) is 3.99. The topological polar surface area (TPSA) is 57.7 Å². The van der Waals surface area contributed by atoms with Crippen LogP contribution in [-0.2, 0) is 22.8 Å². The Balaban J connectivity index is 1.69. The normalized spacial score (nSPS) is 23.3. The van der Waals surface area contributed by atoms with Crippen LogP contribution >= 0.6 is 15.9 Å². The first-order chi connectivity index (χ1) is 13.3. The maximum Gasteiger partial charge on any atom is 0.325 e. The number of sulfone groups is 1. The third-order valence-electron chi connectivity index (χ3n) is 5.46. The molecule has 0 N–H and O–H groups in total. The number of carbonyl (C=O) groups is 1. The predicted octanol–water partition coefficient (Wildman–Crippen LogP) is 3.76. The summed E-state index contributed by atoms with van der Waals surface area (Å²) in [5, 5.41) is 0. The van der Waals surface area contributed by atoms with Crippen molar-refractivity contribution in [3.8, 4) is 0 Å². The molecule has 0 spiro atoms. The van der Waals surface area contributed by atoms with Gasteiger partial charge in [-0.2, -0.15) is 0 Å². The second-order valence-electron chi connectivity index (χ2n) is 7.25. The molecule has 2 amide bonds. The molecule has 0 aromatic heterocycles. The van der Waals surface area contributed by atoms with Crippen molar-refractivity contribution in [2.75, 3.05) is 16.4 Å². The Morgan fingerprint density at radius 2 is 1.79 bits per heavy atom. The van der Waals surface area contributed by atoms with Crippen LogP contribution in [0, 0.1) is 5.82 Å². The number of nitrogens with zero attached hydrogens (tertiary/aromatic N) is 2. The fraction of sp³-hybridized carbons (Fsp3) is 0.350. The van der Waals surface area contributed by atoms with Crippen LogP contribution in [-0.4, -0.2) is 42.9 Å². The molecule has 0 unspecified atom stereocenters. The van der Waals surface area contributed by atoms with E-state index in [4.69, 9.17) is 0 Å². The number of fused-ring (bicyclic) bond motifs is 1. The minimum Gasteiger partial charge on any atom is -0.314 e. The van der Waals surface area contributed by atoms with E-state index in [9.17, 15) is 17.6 Å². The van der Waals surface area contributed by atoms with E-state index in [1.165, 1.54) is 11.0 Å². The number of amides is 2. The smallest absolute Gasteiger partial charge is 0.314 e. The van der Waals surface area contributed by atoms with E-state index in [0.29, 0.717) is 15.7 Å². The second kappa shape index (κ2) is 7.15.